The van der Waals surface area contributed by atoms with Gasteiger partial charge in [-0.3, -0.25) is 4.57 Å². The number of rotatable bonds is 4. The van der Waals surface area contributed by atoms with Crippen molar-refractivity contribution in [3.8, 4) is 0 Å². The molecule has 0 radical (unpaired) electrons. The summed E-state index contributed by atoms with van der Waals surface area (Å²) in [5.41, 5.74) is 6.04. The Morgan fingerprint density at radius 1 is 1.24 bits per heavy atom. The van der Waals surface area contributed by atoms with Crippen molar-refractivity contribution in [3.05, 3.63) is 58.6 Å². The van der Waals surface area contributed by atoms with E-state index >= 15 is 0 Å². The van der Waals surface area contributed by atoms with Crippen molar-refractivity contribution >= 4 is 5.82 Å². The third kappa shape index (κ3) is 3.15. The van der Waals surface area contributed by atoms with Crippen molar-refractivity contribution in [1.29, 1.82) is 0 Å². The monoisotopic (exact) mass is 231 g/mol. The number of nitrogens with zero attached hydrogens (tertiary/aromatic N) is 2. The van der Waals surface area contributed by atoms with Crippen LogP contribution in [0.4, 0.5) is 5.82 Å². The second kappa shape index (κ2) is 5.27. The van der Waals surface area contributed by atoms with E-state index in [4.69, 9.17) is 10.5 Å². The third-order valence-corrected chi connectivity index (χ3v) is 2.24. The van der Waals surface area contributed by atoms with Crippen LogP contribution in [0.3, 0.4) is 0 Å². The maximum Gasteiger partial charge on any atom is 0.351 e. The zero-order valence-electron chi connectivity index (χ0n) is 9.24. The average molecular weight is 231 g/mol. The fourth-order valence-corrected chi connectivity index (χ4v) is 1.38. The van der Waals surface area contributed by atoms with E-state index in [1.165, 1.54) is 4.57 Å². The van der Waals surface area contributed by atoms with E-state index in [0.29, 0.717) is 6.61 Å². The molecule has 0 bridgehead atoms. The lowest BCUT2D eigenvalue weighted by atomic mass is 10.2. The molecule has 88 valence electrons. The minimum Gasteiger partial charge on any atom is -0.383 e. The Morgan fingerprint density at radius 3 is 2.71 bits per heavy atom. The first-order valence-electron chi connectivity index (χ1n) is 5.20. The first-order chi connectivity index (χ1) is 8.25. The SMILES string of the molecule is Nc1ccn(COCc2ccccc2)c(=O)n1. The Balaban J connectivity index is 1.93. The molecular weight excluding hydrogens is 218 g/mol. The summed E-state index contributed by atoms with van der Waals surface area (Å²) in [5, 5.41) is 0. The lowest BCUT2D eigenvalue weighted by molar-refractivity contribution is 0.0609. The van der Waals surface area contributed by atoms with Crippen molar-refractivity contribution < 1.29 is 4.74 Å². The van der Waals surface area contributed by atoms with Gasteiger partial charge in [0.2, 0.25) is 0 Å². The fraction of sp³-hybridized carbons (Fsp3) is 0.167. The smallest absolute Gasteiger partial charge is 0.351 e. The summed E-state index contributed by atoms with van der Waals surface area (Å²) >= 11 is 0. The van der Waals surface area contributed by atoms with E-state index in [1.807, 2.05) is 30.3 Å². The largest absolute Gasteiger partial charge is 0.383 e. The van der Waals surface area contributed by atoms with Crippen LogP contribution in [-0.4, -0.2) is 9.55 Å². The molecule has 0 aliphatic carbocycles. The standard InChI is InChI=1S/C12H13N3O2/c13-11-6-7-15(12(16)14-11)9-17-8-10-4-2-1-3-5-10/h1-7H,8-9H2,(H2,13,14,16). The molecule has 0 atom stereocenters. The average Bonchev–Trinajstić information content (AvgIpc) is 2.33. The highest BCUT2D eigenvalue weighted by molar-refractivity contribution is 5.23. The molecule has 0 aliphatic heterocycles. The van der Waals surface area contributed by atoms with Crippen molar-refractivity contribution in [1.82, 2.24) is 9.55 Å². The number of aromatic nitrogens is 2. The molecule has 0 spiro atoms. The minimum atomic E-state index is -0.405. The summed E-state index contributed by atoms with van der Waals surface area (Å²) in [6.07, 6.45) is 1.57. The number of benzene rings is 1. The van der Waals surface area contributed by atoms with Gasteiger partial charge < -0.3 is 10.5 Å². The number of hydrogen-bond donors (Lipinski definition) is 1. The highest BCUT2D eigenvalue weighted by atomic mass is 16.5. The number of nitrogen functional groups attached to an aromatic ring is 1. The minimum absolute atomic E-state index is 0.168. The second-order valence-corrected chi connectivity index (χ2v) is 3.57. The van der Waals surface area contributed by atoms with Crippen LogP contribution in [0.25, 0.3) is 0 Å². The third-order valence-electron chi connectivity index (χ3n) is 2.24. The van der Waals surface area contributed by atoms with Gasteiger partial charge in [-0.05, 0) is 11.6 Å². The molecule has 2 aromatic rings. The van der Waals surface area contributed by atoms with Gasteiger partial charge in [0.1, 0.15) is 12.5 Å². The van der Waals surface area contributed by atoms with Gasteiger partial charge in [-0.2, -0.15) is 4.98 Å². The molecule has 17 heavy (non-hydrogen) atoms. The van der Waals surface area contributed by atoms with Crippen LogP contribution >= 0.6 is 0 Å². The van der Waals surface area contributed by atoms with Gasteiger partial charge in [0.15, 0.2) is 0 Å². The number of nitrogens with two attached hydrogens (primary N) is 1. The van der Waals surface area contributed by atoms with Crippen molar-refractivity contribution in [3.63, 3.8) is 0 Å². The summed E-state index contributed by atoms with van der Waals surface area (Å²) in [6.45, 7) is 0.624. The summed E-state index contributed by atoms with van der Waals surface area (Å²) in [7, 11) is 0. The first-order valence-corrected chi connectivity index (χ1v) is 5.20. The van der Waals surface area contributed by atoms with Gasteiger partial charge in [-0.1, -0.05) is 30.3 Å². The Morgan fingerprint density at radius 2 is 2.00 bits per heavy atom. The van der Waals surface area contributed by atoms with Gasteiger partial charge in [0.25, 0.3) is 0 Å². The summed E-state index contributed by atoms with van der Waals surface area (Å²) in [6, 6.07) is 11.3. The molecular formula is C12H13N3O2. The molecule has 1 aromatic heterocycles. The van der Waals surface area contributed by atoms with Crippen LogP contribution in [0, 0.1) is 0 Å². The van der Waals surface area contributed by atoms with E-state index in [2.05, 4.69) is 4.98 Å². The quantitative estimate of drug-likeness (QED) is 0.852. The molecule has 5 nitrogen and oxygen atoms in total. The second-order valence-electron chi connectivity index (χ2n) is 3.57. The van der Waals surface area contributed by atoms with E-state index in [9.17, 15) is 4.79 Å². The van der Waals surface area contributed by atoms with Gasteiger partial charge in [0.05, 0.1) is 6.61 Å². The molecule has 0 saturated heterocycles. The number of ether oxygens (including phenoxy) is 1. The summed E-state index contributed by atoms with van der Waals surface area (Å²) < 4.78 is 6.77. The van der Waals surface area contributed by atoms with Gasteiger partial charge in [-0.25, -0.2) is 4.79 Å². The molecule has 0 saturated carbocycles. The zero-order chi connectivity index (χ0) is 12.1. The molecule has 0 unspecified atom stereocenters. The van der Waals surface area contributed by atoms with Crippen molar-refractivity contribution in [2.75, 3.05) is 5.73 Å². The van der Waals surface area contributed by atoms with Crippen LogP contribution in [0.15, 0.2) is 47.4 Å². The highest BCUT2D eigenvalue weighted by Crippen LogP contribution is 2.00. The van der Waals surface area contributed by atoms with Crippen LogP contribution in [-0.2, 0) is 18.1 Å². The Hall–Kier alpha value is -2.14. The van der Waals surface area contributed by atoms with Crippen LogP contribution in [0.2, 0.25) is 0 Å². The first kappa shape index (κ1) is 11.3. The molecule has 0 fully saturated rings. The predicted octanol–water partition coefficient (Wildman–Crippen LogP) is 1.000. The molecule has 1 aromatic carbocycles. The Bertz CT molecular complexity index is 537. The van der Waals surface area contributed by atoms with E-state index < -0.39 is 5.69 Å². The molecule has 0 amide bonds. The van der Waals surface area contributed by atoms with Crippen LogP contribution < -0.4 is 11.4 Å². The normalized spacial score (nSPS) is 10.4. The van der Waals surface area contributed by atoms with Crippen molar-refractivity contribution in [2.24, 2.45) is 0 Å². The van der Waals surface area contributed by atoms with E-state index in [-0.39, 0.29) is 12.5 Å². The summed E-state index contributed by atoms with van der Waals surface area (Å²) in [5.74, 6) is 0.217. The molecule has 2 N–H and O–H groups in total. The highest BCUT2D eigenvalue weighted by Gasteiger charge is 1.98. The van der Waals surface area contributed by atoms with E-state index in [0.717, 1.165) is 5.56 Å². The zero-order valence-corrected chi connectivity index (χ0v) is 9.24. The van der Waals surface area contributed by atoms with E-state index in [1.54, 1.807) is 12.3 Å². The van der Waals surface area contributed by atoms with Gasteiger partial charge in [0, 0.05) is 6.20 Å². The van der Waals surface area contributed by atoms with Gasteiger partial charge in [-0.15, -0.1) is 0 Å². The van der Waals surface area contributed by atoms with Gasteiger partial charge >= 0.3 is 5.69 Å². The molecule has 0 aliphatic rings. The molecule has 1 heterocycles. The van der Waals surface area contributed by atoms with Crippen LogP contribution in [0.1, 0.15) is 5.56 Å². The van der Waals surface area contributed by atoms with Crippen LogP contribution in [0.5, 0.6) is 0 Å². The molecule has 2 rings (SSSR count). The lowest BCUT2D eigenvalue weighted by Crippen LogP contribution is -2.24. The maximum atomic E-state index is 11.4. The topological polar surface area (TPSA) is 70.1 Å². The molecule has 5 heteroatoms. The number of hydrogen-bond acceptors (Lipinski definition) is 4. The Kier molecular flexibility index (Phi) is 3.52. The predicted molar refractivity (Wildman–Crippen MR) is 64.1 cm³/mol. The fourth-order valence-electron chi connectivity index (χ4n) is 1.38. The maximum absolute atomic E-state index is 11.4. The van der Waals surface area contributed by atoms with Crippen molar-refractivity contribution in [2.45, 2.75) is 13.3 Å². The Labute approximate surface area is 98.5 Å². The lowest BCUT2D eigenvalue weighted by Gasteiger charge is -2.06. The summed E-state index contributed by atoms with van der Waals surface area (Å²) in [4.78, 5) is 15.0. The number of anilines is 1.